The van der Waals surface area contributed by atoms with Crippen LogP contribution in [0.5, 0.6) is 0 Å². The average Bonchev–Trinajstić information content (AvgIpc) is 3.13. The van der Waals surface area contributed by atoms with Crippen LogP contribution in [0.4, 0.5) is 5.82 Å². The molecule has 2 aromatic heterocycles. The van der Waals surface area contributed by atoms with Crippen LogP contribution in [0.25, 0.3) is 11.2 Å². The van der Waals surface area contributed by atoms with Gasteiger partial charge in [0.25, 0.3) is 0 Å². The molecule has 1 saturated carbocycles. The van der Waals surface area contributed by atoms with E-state index in [0.717, 1.165) is 0 Å². The van der Waals surface area contributed by atoms with E-state index in [4.69, 9.17) is 20.0 Å². The van der Waals surface area contributed by atoms with Crippen molar-refractivity contribution in [3.05, 3.63) is 18.5 Å². The van der Waals surface area contributed by atoms with Gasteiger partial charge in [0, 0.05) is 11.8 Å². The second-order valence-electron chi connectivity index (χ2n) is 7.26. The molecule has 31 heavy (non-hydrogen) atoms. The molecular weight excluding hydrogens is 476 g/mol. The van der Waals surface area contributed by atoms with Crippen LogP contribution in [0, 0.1) is 11.3 Å². The van der Waals surface area contributed by atoms with Gasteiger partial charge in [-0.3, -0.25) is 9.09 Å². The molecule has 1 unspecified atom stereocenters. The number of aliphatic hydroxyl groups is 2. The number of fused-ring (bicyclic) bond motifs is 2. The normalized spacial score (nSPS) is 32.1. The van der Waals surface area contributed by atoms with Crippen LogP contribution in [0.2, 0.25) is 0 Å². The molecule has 2 heterocycles. The van der Waals surface area contributed by atoms with Gasteiger partial charge in [0.05, 0.1) is 12.9 Å². The van der Waals surface area contributed by atoms with Gasteiger partial charge in [-0.1, -0.05) is 23.9 Å². The number of thioether (sulfide) groups is 1. The molecule has 2 aliphatic rings. The molecule has 4 rings (SSSR count). The monoisotopic (exact) mass is 495 g/mol. The van der Waals surface area contributed by atoms with Crippen LogP contribution in [0.15, 0.2) is 23.6 Å². The summed E-state index contributed by atoms with van der Waals surface area (Å²) in [6, 6.07) is 0. The lowest BCUT2D eigenvalue weighted by Crippen LogP contribution is -2.50. The van der Waals surface area contributed by atoms with Crippen molar-refractivity contribution in [1.82, 2.24) is 19.5 Å². The molecule has 2 aromatic rings. The lowest BCUT2D eigenvalue weighted by Gasteiger charge is -2.41. The van der Waals surface area contributed by atoms with Crippen molar-refractivity contribution in [2.45, 2.75) is 23.4 Å². The molecule has 0 spiro atoms. The number of allylic oxidation sites excluding steroid dienone is 1. The van der Waals surface area contributed by atoms with E-state index in [1.54, 1.807) is 12.3 Å². The Labute approximate surface area is 179 Å². The van der Waals surface area contributed by atoms with Crippen LogP contribution < -0.4 is 5.73 Å². The van der Waals surface area contributed by atoms with Crippen LogP contribution in [0.3, 0.4) is 0 Å². The van der Waals surface area contributed by atoms with Gasteiger partial charge in [0.1, 0.15) is 11.6 Å². The second-order valence-corrected chi connectivity index (χ2v) is 10.9. The van der Waals surface area contributed by atoms with Crippen LogP contribution in [-0.2, 0) is 23.7 Å². The average molecular weight is 495 g/mol. The topological polar surface area (TPSA) is 223 Å². The summed E-state index contributed by atoms with van der Waals surface area (Å²) in [5.74, 6) is -0.390. The lowest BCUT2D eigenvalue weighted by molar-refractivity contribution is -0.141. The standard InChI is InChI=1S/C14H19N5O9P2S/c1-31-12-17-9(15)8-10(18-12)19(6-16-8)14(21)4-7-2-3-13(7,11(14)20)5-27-30(25,26)28-29(22,23)24/h2-3,6-7,11,20-21H,4-5H2,1H3,(H,25,26)(H2,15,17,18)(H2,22,23,24)/t7-,11-,13+,14+/m1/s1. The number of aliphatic hydroxyl groups excluding tert-OH is 1. The molecule has 17 heteroatoms. The van der Waals surface area contributed by atoms with E-state index in [0.29, 0.717) is 5.16 Å². The highest BCUT2D eigenvalue weighted by molar-refractivity contribution is 7.98. The Morgan fingerprint density at radius 3 is 2.65 bits per heavy atom. The van der Waals surface area contributed by atoms with Gasteiger partial charge in [-0.25, -0.2) is 24.1 Å². The van der Waals surface area contributed by atoms with Crippen molar-refractivity contribution >= 4 is 44.4 Å². The van der Waals surface area contributed by atoms with Crippen LogP contribution in [-0.4, -0.2) is 63.4 Å². The van der Waals surface area contributed by atoms with Crippen molar-refractivity contribution in [3.8, 4) is 0 Å². The Hall–Kier alpha value is -1.38. The number of phosphoric acid groups is 2. The molecule has 0 aromatic carbocycles. The first-order valence-electron chi connectivity index (χ1n) is 8.70. The summed E-state index contributed by atoms with van der Waals surface area (Å²) < 4.78 is 32.5. The number of nitrogens with zero attached hydrogens (tertiary/aromatic N) is 4. The molecule has 0 saturated heterocycles. The summed E-state index contributed by atoms with van der Waals surface area (Å²) >= 11 is 1.22. The minimum absolute atomic E-state index is 0.0208. The fraction of sp³-hybridized carbons (Fsp3) is 0.500. The molecule has 1 fully saturated rings. The highest BCUT2D eigenvalue weighted by Gasteiger charge is 2.65. The summed E-state index contributed by atoms with van der Waals surface area (Å²) in [4.78, 5) is 39.6. The molecule has 7 N–H and O–H groups in total. The van der Waals surface area contributed by atoms with E-state index in [1.807, 2.05) is 0 Å². The van der Waals surface area contributed by atoms with Crippen molar-refractivity contribution in [3.63, 3.8) is 0 Å². The lowest BCUT2D eigenvalue weighted by atomic mass is 9.68. The van der Waals surface area contributed by atoms with E-state index < -0.39 is 45.4 Å². The van der Waals surface area contributed by atoms with Crippen molar-refractivity contribution in [2.24, 2.45) is 11.3 Å². The molecule has 170 valence electrons. The van der Waals surface area contributed by atoms with Gasteiger partial charge in [0.2, 0.25) is 0 Å². The van der Waals surface area contributed by atoms with Gasteiger partial charge in [0.15, 0.2) is 22.3 Å². The summed E-state index contributed by atoms with van der Waals surface area (Å²) in [6.45, 7) is -0.648. The van der Waals surface area contributed by atoms with Gasteiger partial charge < -0.3 is 30.6 Å². The Kier molecular flexibility index (Phi) is 5.38. The zero-order chi connectivity index (χ0) is 22.8. The fourth-order valence-electron chi connectivity index (χ4n) is 3.99. The first-order valence-corrected chi connectivity index (χ1v) is 13.0. The molecule has 5 atom stereocenters. The number of hydrogen-bond donors (Lipinski definition) is 6. The Balaban J connectivity index is 1.66. The third kappa shape index (κ3) is 3.74. The Bertz CT molecular complexity index is 1170. The third-order valence-corrected chi connectivity index (χ3v) is 8.17. The van der Waals surface area contributed by atoms with E-state index in [-0.39, 0.29) is 23.4 Å². The fourth-order valence-corrected chi connectivity index (χ4v) is 6.01. The number of nitrogens with two attached hydrogens (primary N) is 1. The number of hydrogen-bond acceptors (Lipinski definition) is 11. The Morgan fingerprint density at radius 1 is 1.35 bits per heavy atom. The van der Waals surface area contributed by atoms with E-state index in [1.165, 1.54) is 28.7 Å². The predicted octanol–water partition coefficient (Wildman–Crippen LogP) is -0.0612. The van der Waals surface area contributed by atoms with E-state index >= 15 is 0 Å². The molecule has 0 bridgehead atoms. The molecule has 2 aliphatic carbocycles. The summed E-state index contributed by atoms with van der Waals surface area (Å²) in [6.07, 6.45) is 4.59. The maximum atomic E-state index is 11.8. The highest BCUT2D eigenvalue weighted by Crippen LogP contribution is 2.62. The SMILES string of the molecule is CSc1nc(N)c2ncn([C@]3(O)C[C@H]4C=C[C@@]4(COP(=O)(O)OP(=O)(O)O)[C@H]3O)c2n1. The van der Waals surface area contributed by atoms with Crippen LogP contribution in [0.1, 0.15) is 6.42 Å². The van der Waals surface area contributed by atoms with Crippen molar-refractivity contribution in [2.75, 3.05) is 18.6 Å². The summed E-state index contributed by atoms with van der Waals surface area (Å²) in [5, 5.41) is 22.8. The summed E-state index contributed by atoms with van der Waals surface area (Å²) in [7, 11) is -10.4. The summed E-state index contributed by atoms with van der Waals surface area (Å²) in [5.41, 5.74) is 3.07. The zero-order valence-electron chi connectivity index (χ0n) is 15.8. The number of nitrogen functional groups attached to an aromatic ring is 1. The molecular formula is C14H19N5O9P2S. The van der Waals surface area contributed by atoms with Gasteiger partial charge in [-0.05, 0) is 12.2 Å². The maximum absolute atomic E-state index is 11.8. The smallest absolute Gasteiger partial charge is 0.387 e. The molecule has 14 nitrogen and oxygen atoms in total. The predicted molar refractivity (Wildman–Crippen MR) is 106 cm³/mol. The minimum atomic E-state index is -5.30. The van der Waals surface area contributed by atoms with E-state index in [9.17, 15) is 24.2 Å². The Morgan fingerprint density at radius 2 is 2.06 bits per heavy atom. The van der Waals surface area contributed by atoms with E-state index in [2.05, 4.69) is 19.3 Å². The van der Waals surface area contributed by atoms with Gasteiger partial charge >= 0.3 is 15.6 Å². The van der Waals surface area contributed by atoms with Crippen LogP contribution >= 0.6 is 27.4 Å². The first kappa shape index (κ1) is 22.8. The molecule has 0 amide bonds. The highest BCUT2D eigenvalue weighted by atomic mass is 32.2. The number of imidazole rings is 1. The number of phosphoric ester groups is 1. The number of aromatic nitrogens is 4. The number of rotatable bonds is 7. The number of anilines is 1. The largest absolute Gasteiger partial charge is 0.481 e. The quantitative estimate of drug-likeness (QED) is 0.128. The first-order chi connectivity index (χ1) is 14.3. The van der Waals surface area contributed by atoms with Gasteiger partial charge in [-0.15, -0.1) is 0 Å². The zero-order valence-corrected chi connectivity index (χ0v) is 18.4. The van der Waals surface area contributed by atoms with Crippen molar-refractivity contribution < 1.29 is 42.9 Å². The maximum Gasteiger partial charge on any atom is 0.481 e. The molecule has 0 aliphatic heterocycles. The van der Waals surface area contributed by atoms with Crippen molar-refractivity contribution in [1.29, 1.82) is 0 Å². The van der Waals surface area contributed by atoms with Gasteiger partial charge in [-0.2, -0.15) is 4.31 Å². The minimum Gasteiger partial charge on any atom is -0.387 e. The second kappa shape index (κ2) is 7.32. The molecule has 0 radical (unpaired) electrons. The third-order valence-electron chi connectivity index (χ3n) is 5.49.